The van der Waals surface area contributed by atoms with Gasteiger partial charge >= 0.3 is 0 Å². The van der Waals surface area contributed by atoms with Crippen molar-refractivity contribution in [3.63, 3.8) is 0 Å². The molecule has 0 aliphatic rings. The summed E-state index contributed by atoms with van der Waals surface area (Å²) >= 11 is 0. The maximum Gasteiger partial charge on any atom is 0.280 e. The molecule has 0 bridgehead atoms. The Kier molecular flexibility index (Phi) is 8.20. The first-order valence-electron chi connectivity index (χ1n) is 10.4. The van der Waals surface area contributed by atoms with Gasteiger partial charge in [-0.05, 0) is 50.1 Å². The zero-order chi connectivity index (χ0) is 23.8. The first kappa shape index (κ1) is 24.0. The number of rotatable bonds is 8. The fraction of sp³-hybridized carbons (Fsp3) is 0.261. The van der Waals surface area contributed by atoms with Gasteiger partial charge in [0.05, 0.1) is 5.69 Å². The van der Waals surface area contributed by atoms with Crippen molar-refractivity contribution in [1.29, 1.82) is 0 Å². The molecule has 10 heteroatoms. The van der Waals surface area contributed by atoms with E-state index in [0.29, 0.717) is 48.8 Å². The molecule has 33 heavy (non-hydrogen) atoms. The number of amides is 1. The number of hydrogen-bond donors (Lipinski definition) is 3. The van der Waals surface area contributed by atoms with Crippen LogP contribution in [0.25, 0.3) is 11.3 Å². The molecular weight excluding hydrogens is 435 g/mol. The molecule has 1 amide bonds. The predicted molar refractivity (Wildman–Crippen MR) is 120 cm³/mol. The number of carbonyl (C=O) groups excluding carboxylic acids is 1. The largest absolute Gasteiger partial charge is 0.382 e. The fourth-order valence-electron chi connectivity index (χ4n) is 2.85. The van der Waals surface area contributed by atoms with E-state index < -0.39 is 17.5 Å². The van der Waals surface area contributed by atoms with E-state index in [1.54, 1.807) is 25.1 Å². The number of hydrogen-bond acceptors (Lipinski definition) is 3. The second-order valence-corrected chi connectivity index (χ2v) is 7.13. The highest BCUT2D eigenvalue weighted by atomic mass is 19.2. The van der Waals surface area contributed by atoms with Crippen molar-refractivity contribution < 1.29 is 22.7 Å². The molecule has 0 saturated heterocycles. The van der Waals surface area contributed by atoms with Crippen LogP contribution in [-0.2, 0) is 4.74 Å². The Bertz CT molecular complexity index is 1150. The molecule has 0 unspecified atom stereocenters. The molecule has 174 valence electrons. The van der Waals surface area contributed by atoms with Gasteiger partial charge in [0.15, 0.2) is 11.6 Å². The van der Waals surface area contributed by atoms with Gasteiger partial charge in [0.25, 0.3) is 5.91 Å². The number of aliphatic imine (C=N–C) groups is 1. The monoisotopic (exact) mass is 459 g/mol. The summed E-state index contributed by atoms with van der Waals surface area (Å²) in [6, 6.07) is 9.20. The lowest BCUT2D eigenvalue weighted by molar-refractivity contribution is 0.100. The molecule has 7 nitrogen and oxygen atoms in total. The summed E-state index contributed by atoms with van der Waals surface area (Å²) in [6.07, 6.45) is 0.644. The first-order chi connectivity index (χ1) is 15.9. The number of nitrogens with zero attached hydrogens (tertiary/aromatic N) is 2. The molecule has 3 N–H and O–H groups in total. The molecule has 0 aliphatic carbocycles. The van der Waals surface area contributed by atoms with Crippen LogP contribution in [0.5, 0.6) is 0 Å². The zero-order valence-corrected chi connectivity index (χ0v) is 18.2. The quantitative estimate of drug-likeness (QED) is 0.263. The molecule has 0 saturated carbocycles. The first-order valence-corrected chi connectivity index (χ1v) is 10.4. The van der Waals surface area contributed by atoms with Crippen molar-refractivity contribution in [2.75, 3.05) is 25.1 Å². The van der Waals surface area contributed by atoms with Crippen molar-refractivity contribution in [3.8, 4) is 11.3 Å². The van der Waals surface area contributed by atoms with Crippen LogP contribution in [0.2, 0.25) is 0 Å². The molecule has 3 aromatic rings. The van der Waals surface area contributed by atoms with E-state index in [2.05, 4.69) is 25.8 Å². The predicted octanol–water partition coefficient (Wildman–Crippen LogP) is 4.43. The summed E-state index contributed by atoms with van der Waals surface area (Å²) in [6.45, 7) is 5.09. The molecule has 1 heterocycles. The molecular formula is C23H24F3N5O2. The summed E-state index contributed by atoms with van der Waals surface area (Å²) in [5, 5.41) is 12.8. The average molecular weight is 459 g/mol. The Morgan fingerprint density at radius 3 is 2.64 bits per heavy atom. The van der Waals surface area contributed by atoms with Crippen LogP contribution in [0.4, 0.5) is 19.0 Å². The highest BCUT2D eigenvalue weighted by Gasteiger charge is 2.12. The average Bonchev–Trinajstić information content (AvgIpc) is 3.25. The van der Waals surface area contributed by atoms with Crippen molar-refractivity contribution in [1.82, 2.24) is 15.5 Å². The Morgan fingerprint density at radius 1 is 1.09 bits per heavy atom. The number of anilines is 1. The summed E-state index contributed by atoms with van der Waals surface area (Å²) in [7, 11) is 0. The lowest BCUT2D eigenvalue weighted by Crippen LogP contribution is -2.33. The number of aryl methyl sites for hydroxylation is 1. The Hall–Kier alpha value is -3.66. The maximum atomic E-state index is 13.9. The van der Waals surface area contributed by atoms with Crippen LogP contribution in [0, 0.1) is 24.4 Å². The second kappa shape index (κ2) is 11.3. The van der Waals surface area contributed by atoms with E-state index in [1.165, 1.54) is 6.07 Å². The van der Waals surface area contributed by atoms with Crippen LogP contribution in [-0.4, -0.2) is 41.8 Å². The molecule has 0 atom stereocenters. The molecule has 3 rings (SSSR count). The number of aromatic amines is 1. The Balaban J connectivity index is 1.78. The van der Waals surface area contributed by atoms with E-state index >= 15 is 0 Å². The highest BCUT2D eigenvalue weighted by Crippen LogP contribution is 2.22. The lowest BCUT2D eigenvalue weighted by atomic mass is 10.1. The van der Waals surface area contributed by atoms with Gasteiger partial charge in [-0.1, -0.05) is 12.1 Å². The zero-order valence-electron chi connectivity index (χ0n) is 18.2. The second-order valence-electron chi connectivity index (χ2n) is 7.13. The third kappa shape index (κ3) is 6.66. The minimum atomic E-state index is -1.14. The van der Waals surface area contributed by atoms with Gasteiger partial charge in [-0.2, -0.15) is 10.1 Å². The third-order valence-electron chi connectivity index (χ3n) is 4.64. The van der Waals surface area contributed by atoms with Gasteiger partial charge in [0.2, 0.25) is 5.96 Å². The summed E-state index contributed by atoms with van der Waals surface area (Å²) in [4.78, 5) is 16.4. The van der Waals surface area contributed by atoms with Gasteiger partial charge < -0.3 is 15.4 Å². The Morgan fingerprint density at radius 2 is 1.91 bits per heavy atom. The van der Waals surface area contributed by atoms with E-state index in [4.69, 9.17) is 4.74 Å². The number of aromatic nitrogens is 2. The van der Waals surface area contributed by atoms with Crippen molar-refractivity contribution in [2.45, 2.75) is 20.3 Å². The Labute approximate surface area is 189 Å². The van der Waals surface area contributed by atoms with E-state index in [0.717, 1.165) is 18.2 Å². The van der Waals surface area contributed by atoms with Crippen LogP contribution in [0.15, 0.2) is 47.5 Å². The van der Waals surface area contributed by atoms with E-state index in [-0.39, 0.29) is 17.3 Å². The van der Waals surface area contributed by atoms with Crippen molar-refractivity contribution >= 4 is 17.7 Å². The van der Waals surface area contributed by atoms with E-state index in [1.807, 2.05) is 6.92 Å². The number of nitrogens with one attached hydrogen (secondary N) is 3. The van der Waals surface area contributed by atoms with Crippen LogP contribution in [0.3, 0.4) is 0 Å². The minimum absolute atomic E-state index is 0.0755. The van der Waals surface area contributed by atoms with Crippen LogP contribution >= 0.6 is 0 Å². The molecule has 0 spiro atoms. The molecule has 0 aliphatic heterocycles. The number of carbonyl (C=O) groups is 1. The minimum Gasteiger partial charge on any atom is -0.382 e. The number of ether oxygens (including phenoxy) is 1. The standard InChI is InChI=1S/C23H24F3N5O2/c1-3-33-10-4-9-27-23(29-22(32)16-7-8-17(24)19(26)12-16)28-21-13-20(30-31-21)15-6-5-14(2)18(25)11-15/h5-8,11-13H,3-4,9-10H2,1-2H3,(H3,27,28,29,30,31,32). The smallest absolute Gasteiger partial charge is 0.280 e. The van der Waals surface area contributed by atoms with Gasteiger partial charge in [0.1, 0.15) is 11.6 Å². The summed E-state index contributed by atoms with van der Waals surface area (Å²) < 4.78 is 45.9. The third-order valence-corrected chi connectivity index (χ3v) is 4.64. The van der Waals surface area contributed by atoms with Gasteiger partial charge in [-0.25, -0.2) is 13.2 Å². The lowest BCUT2D eigenvalue weighted by Gasteiger charge is -2.11. The SMILES string of the molecule is CCOCCCN/C(=N/C(=O)c1ccc(F)c(F)c1)Nc1cc(-c2ccc(C)c(F)c2)n[nH]1. The highest BCUT2D eigenvalue weighted by molar-refractivity contribution is 6.06. The van der Waals surface area contributed by atoms with Gasteiger partial charge in [0, 0.05) is 37.0 Å². The van der Waals surface area contributed by atoms with Crippen LogP contribution < -0.4 is 10.6 Å². The van der Waals surface area contributed by atoms with Crippen molar-refractivity contribution in [2.24, 2.45) is 4.99 Å². The van der Waals surface area contributed by atoms with Gasteiger partial charge in [-0.3, -0.25) is 9.89 Å². The van der Waals surface area contributed by atoms with E-state index in [9.17, 15) is 18.0 Å². The maximum absolute atomic E-state index is 13.9. The number of halogens is 3. The van der Waals surface area contributed by atoms with Crippen molar-refractivity contribution in [3.05, 3.63) is 71.0 Å². The molecule has 0 fully saturated rings. The molecule has 2 aromatic carbocycles. The van der Waals surface area contributed by atoms with Crippen LogP contribution in [0.1, 0.15) is 29.3 Å². The fourth-order valence-corrected chi connectivity index (χ4v) is 2.85. The summed E-state index contributed by atoms with van der Waals surface area (Å²) in [5.41, 5.74) is 1.47. The number of benzene rings is 2. The number of H-pyrrole nitrogens is 1. The van der Waals surface area contributed by atoms with Gasteiger partial charge in [-0.15, -0.1) is 0 Å². The normalized spacial score (nSPS) is 11.5. The topological polar surface area (TPSA) is 91.4 Å². The number of guanidine groups is 1. The summed E-state index contributed by atoms with van der Waals surface area (Å²) in [5.74, 6) is -2.85. The molecule has 0 radical (unpaired) electrons. The molecule has 1 aromatic heterocycles.